The molecule has 0 saturated carbocycles. The number of nitrogens with one attached hydrogen (secondary N) is 1. The van der Waals surface area contributed by atoms with Gasteiger partial charge in [0.25, 0.3) is 5.91 Å². The highest BCUT2D eigenvalue weighted by Gasteiger charge is 2.40. The Morgan fingerprint density at radius 1 is 1.25 bits per heavy atom. The first-order valence-electron chi connectivity index (χ1n) is 3.48. The topological polar surface area (TPSA) is 29.1 Å². The van der Waals surface area contributed by atoms with E-state index < -0.39 is 4.08 Å². The number of fused-ring (bicyclic) bond motifs is 1. The lowest BCUT2D eigenvalue weighted by atomic mass is 10.1. The SMILES string of the molecule is O=C1Nc2ccccc2C1(S)S. The number of hydrogen-bond donors (Lipinski definition) is 3. The predicted octanol–water partition coefficient (Wildman–Crippen LogP) is 1.65. The van der Waals surface area contributed by atoms with Crippen molar-refractivity contribution in [3.8, 4) is 0 Å². The largest absolute Gasteiger partial charge is 0.323 e. The monoisotopic (exact) mass is 197 g/mol. The summed E-state index contributed by atoms with van der Waals surface area (Å²) in [5.41, 5.74) is 1.62. The van der Waals surface area contributed by atoms with E-state index in [0.29, 0.717) is 0 Å². The van der Waals surface area contributed by atoms with Gasteiger partial charge in [0, 0.05) is 11.3 Å². The van der Waals surface area contributed by atoms with Crippen LogP contribution in [-0.4, -0.2) is 5.91 Å². The van der Waals surface area contributed by atoms with E-state index >= 15 is 0 Å². The summed E-state index contributed by atoms with van der Waals surface area (Å²) in [6.45, 7) is 0. The summed E-state index contributed by atoms with van der Waals surface area (Å²) in [4.78, 5) is 11.3. The molecule has 0 unspecified atom stereocenters. The van der Waals surface area contributed by atoms with Gasteiger partial charge in [0.1, 0.15) is 0 Å². The van der Waals surface area contributed by atoms with E-state index in [1.807, 2.05) is 24.3 Å². The van der Waals surface area contributed by atoms with E-state index in [-0.39, 0.29) is 5.91 Å². The van der Waals surface area contributed by atoms with Crippen molar-refractivity contribution >= 4 is 36.9 Å². The lowest BCUT2D eigenvalue weighted by Crippen LogP contribution is -2.21. The Morgan fingerprint density at radius 2 is 1.92 bits per heavy atom. The lowest BCUT2D eigenvalue weighted by Gasteiger charge is -2.11. The molecule has 0 radical (unpaired) electrons. The van der Waals surface area contributed by atoms with Gasteiger partial charge in [-0.25, -0.2) is 0 Å². The maximum Gasteiger partial charge on any atom is 0.255 e. The fourth-order valence-electron chi connectivity index (χ4n) is 1.23. The van der Waals surface area contributed by atoms with Crippen LogP contribution >= 0.6 is 25.3 Å². The van der Waals surface area contributed by atoms with Crippen molar-refractivity contribution in [2.75, 3.05) is 5.32 Å². The van der Waals surface area contributed by atoms with Crippen LogP contribution in [0.25, 0.3) is 0 Å². The van der Waals surface area contributed by atoms with Gasteiger partial charge in [0.2, 0.25) is 0 Å². The normalized spacial score (nSPS) is 18.7. The first-order valence-corrected chi connectivity index (χ1v) is 4.37. The molecule has 1 aliphatic rings. The summed E-state index contributed by atoms with van der Waals surface area (Å²) >= 11 is 8.35. The molecule has 1 heterocycles. The molecule has 0 saturated heterocycles. The third-order valence-electron chi connectivity index (χ3n) is 1.87. The van der Waals surface area contributed by atoms with Crippen LogP contribution in [0, 0.1) is 0 Å². The van der Waals surface area contributed by atoms with E-state index in [4.69, 9.17) is 0 Å². The first-order chi connectivity index (χ1) is 5.62. The molecule has 62 valence electrons. The number of para-hydroxylation sites is 1. The third-order valence-corrected chi connectivity index (χ3v) is 2.76. The summed E-state index contributed by atoms with van der Waals surface area (Å²) < 4.78 is -0.976. The predicted molar refractivity (Wildman–Crippen MR) is 54.7 cm³/mol. The molecule has 1 aromatic rings. The van der Waals surface area contributed by atoms with Crippen molar-refractivity contribution in [1.82, 2.24) is 0 Å². The summed E-state index contributed by atoms with van der Waals surface area (Å²) in [6.07, 6.45) is 0. The number of carbonyl (C=O) groups is 1. The number of hydrogen-bond acceptors (Lipinski definition) is 3. The molecule has 2 rings (SSSR count). The molecule has 1 aromatic carbocycles. The molecular formula is C8H7NOS2. The highest BCUT2D eigenvalue weighted by atomic mass is 32.2. The van der Waals surface area contributed by atoms with Crippen molar-refractivity contribution in [3.05, 3.63) is 29.8 Å². The summed E-state index contributed by atoms with van der Waals surface area (Å²) in [7, 11) is 0. The zero-order valence-corrected chi connectivity index (χ0v) is 7.90. The molecule has 0 bridgehead atoms. The van der Waals surface area contributed by atoms with Crippen LogP contribution in [0.3, 0.4) is 0 Å². The zero-order valence-electron chi connectivity index (χ0n) is 6.11. The second kappa shape index (κ2) is 2.44. The number of carbonyl (C=O) groups excluding carboxylic acids is 1. The quantitative estimate of drug-likeness (QED) is 0.428. The van der Waals surface area contributed by atoms with Crippen LogP contribution in [0.1, 0.15) is 5.56 Å². The van der Waals surface area contributed by atoms with Gasteiger partial charge in [-0.05, 0) is 6.07 Å². The summed E-state index contributed by atoms with van der Waals surface area (Å²) in [5, 5.41) is 2.70. The molecule has 2 nitrogen and oxygen atoms in total. The van der Waals surface area contributed by atoms with Crippen molar-refractivity contribution in [1.29, 1.82) is 0 Å². The van der Waals surface area contributed by atoms with Crippen molar-refractivity contribution in [2.24, 2.45) is 0 Å². The van der Waals surface area contributed by atoms with E-state index in [0.717, 1.165) is 11.3 Å². The number of benzene rings is 1. The van der Waals surface area contributed by atoms with Gasteiger partial charge in [-0.3, -0.25) is 4.79 Å². The number of rotatable bonds is 0. The van der Waals surface area contributed by atoms with Crippen molar-refractivity contribution < 1.29 is 4.79 Å². The Labute approximate surface area is 81.2 Å². The van der Waals surface area contributed by atoms with Crippen LogP contribution in [0.4, 0.5) is 5.69 Å². The maximum absolute atomic E-state index is 11.3. The second-order valence-corrected chi connectivity index (χ2v) is 4.37. The number of amides is 1. The van der Waals surface area contributed by atoms with Crippen molar-refractivity contribution in [2.45, 2.75) is 4.08 Å². The van der Waals surface area contributed by atoms with Crippen molar-refractivity contribution in [3.63, 3.8) is 0 Å². The van der Waals surface area contributed by atoms with Gasteiger partial charge in [0.15, 0.2) is 4.08 Å². The van der Waals surface area contributed by atoms with Gasteiger partial charge < -0.3 is 5.32 Å². The highest BCUT2D eigenvalue weighted by molar-refractivity contribution is 8.01. The Morgan fingerprint density at radius 3 is 2.58 bits per heavy atom. The second-order valence-electron chi connectivity index (χ2n) is 2.67. The molecule has 12 heavy (non-hydrogen) atoms. The van der Waals surface area contributed by atoms with Crippen LogP contribution in [0.2, 0.25) is 0 Å². The van der Waals surface area contributed by atoms with E-state index in [2.05, 4.69) is 30.6 Å². The summed E-state index contributed by atoms with van der Waals surface area (Å²) in [6, 6.07) is 7.40. The van der Waals surface area contributed by atoms with Crippen LogP contribution in [-0.2, 0) is 8.87 Å². The minimum atomic E-state index is -0.976. The molecule has 0 aliphatic carbocycles. The Balaban J connectivity index is 2.63. The van der Waals surface area contributed by atoms with Crippen LogP contribution < -0.4 is 5.32 Å². The molecule has 0 spiro atoms. The van der Waals surface area contributed by atoms with Gasteiger partial charge in [-0.2, -0.15) is 0 Å². The third kappa shape index (κ3) is 0.949. The maximum atomic E-state index is 11.3. The molecule has 1 aliphatic heterocycles. The number of anilines is 1. The number of thiol groups is 2. The Kier molecular flexibility index (Phi) is 1.63. The average molecular weight is 197 g/mol. The average Bonchev–Trinajstić information content (AvgIpc) is 2.25. The molecule has 0 fully saturated rings. The van der Waals surface area contributed by atoms with Gasteiger partial charge in [-0.1, -0.05) is 18.2 Å². The summed E-state index contributed by atoms with van der Waals surface area (Å²) in [5.74, 6) is -0.185. The molecule has 1 amide bonds. The van der Waals surface area contributed by atoms with E-state index in [9.17, 15) is 4.79 Å². The minimum absolute atomic E-state index is 0.185. The van der Waals surface area contributed by atoms with Gasteiger partial charge in [0.05, 0.1) is 0 Å². The molecule has 4 heteroatoms. The smallest absolute Gasteiger partial charge is 0.255 e. The highest BCUT2D eigenvalue weighted by Crippen LogP contribution is 2.43. The molecule has 0 atom stereocenters. The Bertz CT molecular complexity index is 349. The first kappa shape index (κ1) is 8.01. The lowest BCUT2D eigenvalue weighted by molar-refractivity contribution is -0.116. The molecular weight excluding hydrogens is 190 g/mol. The minimum Gasteiger partial charge on any atom is -0.323 e. The standard InChI is InChI=1S/C8H7NOS2/c10-7-8(11,12)5-3-1-2-4-6(5)9-7/h1-4,11-12H,(H,9,10). The molecule has 1 N–H and O–H groups in total. The fraction of sp³-hybridized carbons (Fsp3) is 0.125. The zero-order chi connectivity index (χ0) is 8.77. The van der Waals surface area contributed by atoms with Crippen LogP contribution in [0.5, 0.6) is 0 Å². The van der Waals surface area contributed by atoms with Gasteiger partial charge >= 0.3 is 0 Å². The van der Waals surface area contributed by atoms with Gasteiger partial charge in [-0.15, -0.1) is 25.3 Å². The fourth-order valence-corrected chi connectivity index (χ4v) is 1.73. The molecule has 0 aromatic heterocycles. The van der Waals surface area contributed by atoms with Crippen LogP contribution in [0.15, 0.2) is 24.3 Å². The Hall–Kier alpha value is -0.610. The van der Waals surface area contributed by atoms with E-state index in [1.165, 1.54) is 0 Å². The van der Waals surface area contributed by atoms with E-state index in [1.54, 1.807) is 0 Å².